The lowest BCUT2D eigenvalue weighted by atomic mass is 9.96. The van der Waals surface area contributed by atoms with E-state index in [1.807, 2.05) is 0 Å². The van der Waals surface area contributed by atoms with E-state index < -0.39 is 43.1 Å². The Morgan fingerprint density at radius 3 is 2.60 bits per heavy atom. The Balaban J connectivity index is 2.04. The van der Waals surface area contributed by atoms with Crippen molar-refractivity contribution in [1.82, 2.24) is 10.2 Å². The predicted molar refractivity (Wildman–Crippen MR) is 82.5 cm³/mol. The molecule has 6 nitrogen and oxygen atoms in total. The maximum Gasteiger partial charge on any atom is 0.394 e. The van der Waals surface area contributed by atoms with Gasteiger partial charge in [-0.2, -0.15) is 13.2 Å². The molecule has 0 saturated carbocycles. The number of carboxylic acid groups (broad SMARTS) is 1. The molecule has 2 rings (SSSR count). The molecule has 1 saturated heterocycles. The number of nitrogens with zero attached hydrogens (tertiary/aromatic N) is 1. The van der Waals surface area contributed by atoms with Gasteiger partial charge < -0.3 is 20.1 Å². The van der Waals surface area contributed by atoms with Crippen LogP contribution < -0.4 is 10.1 Å². The van der Waals surface area contributed by atoms with E-state index in [-0.39, 0.29) is 6.54 Å². The van der Waals surface area contributed by atoms with Crippen molar-refractivity contribution in [2.45, 2.75) is 12.7 Å². The van der Waals surface area contributed by atoms with Crippen molar-refractivity contribution < 1.29 is 32.6 Å². The summed E-state index contributed by atoms with van der Waals surface area (Å²) in [6.45, 7) is -1.22. The molecule has 0 unspecified atom stereocenters. The number of likely N-dealkylation sites (tertiary alicyclic amines) is 1. The maximum absolute atomic E-state index is 12.9. The van der Waals surface area contributed by atoms with Gasteiger partial charge in [0.2, 0.25) is 0 Å². The van der Waals surface area contributed by atoms with E-state index in [1.54, 1.807) is 18.2 Å². The molecule has 10 heteroatoms. The highest BCUT2D eigenvalue weighted by molar-refractivity contribution is 6.30. The molecule has 25 heavy (non-hydrogen) atoms. The molecule has 1 fully saturated rings. The summed E-state index contributed by atoms with van der Waals surface area (Å²) < 4.78 is 44.0. The highest BCUT2D eigenvalue weighted by Crippen LogP contribution is 2.37. The first-order valence-electron chi connectivity index (χ1n) is 7.28. The summed E-state index contributed by atoms with van der Waals surface area (Å²) in [6, 6.07) is 3.97. The number of alkyl halides is 3. The molecule has 138 valence electrons. The first kappa shape index (κ1) is 19.2. The molecule has 1 aliphatic heterocycles. The summed E-state index contributed by atoms with van der Waals surface area (Å²) in [7, 11) is 1.43. The van der Waals surface area contributed by atoms with Gasteiger partial charge in [-0.05, 0) is 18.2 Å². The zero-order valence-corrected chi connectivity index (χ0v) is 13.9. The second kappa shape index (κ2) is 7.38. The Kier molecular flexibility index (Phi) is 5.66. The highest BCUT2D eigenvalue weighted by atomic mass is 35.5. The Labute approximate surface area is 146 Å². The standard InChI is InChI=1S/C15H16ClF3N2O4/c1-25-12-3-2-9(16)4-8(12)5-20-14(24)21-6-10(13(22)23)11(7-21)15(17,18)19/h2-4,10-11H,5-7H2,1H3,(H,20,24)(H,22,23)/t10-,11-/m1/s1. The Morgan fingerprint density at radius 2 is 2.08 bits per heavy atom. The average molecular weight is 381 g/mol. The van der Waals surface area contributed by atoms with Gasteiger partial charge in [-0.15, -0.1) is 0 Å². The molecule has 2 N–H and O–H groups in total. The minimum atomic E-state index is -4.69. The lowest BCUT2D eigenvalue weighted by Gasteiger charge is -2.19. The molecular weight excluding hydrogens is 365 g/mol. The number of urea groups is 1. The van der Waals surface area contributed by atoms with Crippen molar-refractivity contribution >= 4 is 23.6 Å². The van der Waals surface area contributed by atoms with Crippen molar-refractivity contribution in [3.8, 4) is 5.75 Å². The molecule has 1 heterocycles. The number of halogens is 4. The number of nitrogens with one attached hydrogen (secondary N) is 1. The predicted octanol–water partition coefficient (Wildman–Crippen LogP) is 2.75. The topological polar surface area (TPSA) is 78.9 Å². The second-order valence-electron chi connectivity index (χ2n) is 5.61. The van der Waals surface area contributed by atoms with E-state index in [2.05, 4.69) is 5.32 Å². The van der Waals surface area contributed by atoms with Gasteiger partial charge in [0, 0.05) is 30.2 Å². The van der Waals surface area contributed by atoms with Crippen LogP contribution in [0.15, 0.2) is 18.2 Å². The molecule has 0 aromatic heterocycles. The minimum Gasteiger partial charge on any atom is -0.496 e. The Morgan fingerprint density at radius 1 is 1.40 bits per heavy atom. The molecule has 0 aliphatic carbocycles. The fourth-order valence-electron chi connectivity index (χ4n) is 2.72. The van der Waals surface area contributed by atoms with E-state index in [4.69, 9.17) is 21.4 Å². The summed E-state index contributed by atoms with van der Waals surface area (Å²) in [5.41, 5.74) is 0.546. The van der Waals surface area contributed by atoms with Gasteiger partial charge in [0.05, 0.1) is 18.9 Å². The van der Waals surface area contributed by atoms with Crippen LogP contribution >= 0.6 is 11.6 Å². The second-order valence-corrected chi connectivity index (χ2v) is 6.05. The largest absolute Gasteiger partial charge is 0.496 e. The van der Waals surface area contributed by atoms with Crippen LogP contribution in [0.4, 0.5) is 18.0 Å². The molecule has 1 aliphatic rings. The Bertz CT molecular complexity index is 669. The van der Waals surface area contributed by atoms with Crippen LogP contribution in [0.3, 0.4) is 0 Å². The molecule has 1 aromatic rings. The number of amides is 2. The van der Waals surface area contributed by atoms with Gasteiger partial charge in [0.25, 0.3) is 0 Å². The van der Waals surface area contributed by atoms with E-state index >= 15 is 0 Å². The number of methoxy groups -OCH3 is 1. The van der Waals surface area contributed by atoms with Gasteiger partial charge in [-0.1, -0.05) is 11.6 Å². The van der Waals surface area contributed by atoms with Crippen LogP contribution in [-0.2, 0) is 11.3 Å². The SMILES string of the molecule is COc1ccc(Cl)cc1CNC(=O)N1C[C@@H](C(F)(F)F)[C@H](C(=O)O)C1. The smallest absolute Gasteiger partial charge is 0.394 e. The van der Waals surface area contributed by atoms with Crippen molar-refractivity contribution in [2.75, 3.05) is 20.2 Å². The van der Waals surface area contributed by atoms with Crippen LogP contribution in [0, 0.1) is 11.8 Å². The van der Waals surface area contributed by atoms with Crippen molar-refractivity contribution in [2.24, 2.45) is 11.8 Å². The molecule has 2 amide bonds. The molecular formula is C15H16ClF3N2O4. The summed E-state index contributed by atoms with van der Waals surface area (Å²) in [4.78, 5) is 24.0. The highest BCUT2D eigenvalue weighted by Gasteiger charge is 2.53. The van der Waals surface area contributed by atoms with E-state index in [1.165, 1.54) is 7.11 Å². The molecule has 0 spiro atoms. The fraction of sp³-hybridized carbons (Fsp3) is 0.467. The van der Waals surface area contributed by atoms with Gasteiger partial charge in [0.15, 0.2) is 0 Å². The number of hydrogen-bond donors (Lipinski definition) is 2. The third kappa shape index (κ3) is 4.47. The van der Waals surface area contributed by atoms with Crippen LogP contribution in [0.2, 0.25) is 5.02 Å². The maximum atomic E-state index is 12.9. The van der Waals surface area contributed by atoms with Crippen LogP contribution in [0.1, 0.15) is 5.56 Å². The van der Waals surface area contributed by atoms with Crippen LogP contribution in [-0.4, -0.2) is 48.4 Å². The average Bonchev–Trinajstić information content (AvgIpc) is 2.98. The van der Waals surface area contributed by atoms with Gasteiger partial charge in [-0.25, -0.2) is 4.79 Å². The molecule has 1 aromatic carbocycles. The number of hydrogen-bond acceptors (Lipinski definition) is 3. The van der Waals surface area contributed by atoms with Crippen LogP contribution in [0.5, 0.6) is 5.75 Å². The quantitative estimate of drug-likeness (QED) is 0.842. The normalized spacial score (nSPS) is 20.4. The third-order valence-corrected chi connectivity index (χ3v) is 4.25. The molecule has 0 radical (unpaired) electrons. The van der Waals surface area contributed by atoms with Gasteiger partial charge >= 0.3 is 18.2 Å². The first-order valence-corrected chi connectivity index (χ1v) is 7.66. The summed E-state index contributed by atoms with van der Waals surface area (Å²) in [6.07, 6.45) is -4.69. The van der Waals surface area contributed by atoms with Crippen molar-refractivity contribution in [3.63, 3.8) is 0 Å². The monoisotopic (exact) mass is 380 g/mol. The number of benzene rings is 1. The number of ether oxygens (including phenoxy) is 1. The van der Waals surface area contributed by atoms with Gasteiger partial charge in [0.1, 0.15) is 5.75 Å². The zero-order valence-electron chi connectivity index (χ0n) is 13.1. The Hall–Kier alpha value is -2.16. The van der Waals surface area contributed by atoms with Crippen LogP contribution in [0.25, 0.3) is 0 Å². The lowest BCUT2D eigenvalue weighted by Crippen LogP contribution is -2.39. The van der Waals surface area contributed by atoms with Gasteiger partial charge in [-0.3, -0.25) is 4.79 Å². The third-order valence-electron chi connectivity index (χ3n) is 4.02. The summed E-state index contributed by atoms with van der Waals surface area (Å²) >= 11 is 5.87. The summed E-state index contributed by atoms with van der Waals surface area (Å²) in [5.74, 6) is -4.88. The number of carbonyl (C=O) groups excluding carboxylic acids is 1. The number of carbonyl (C=O) groups is 2. The fourth-order valence-corrected chi connectivity index (χ4v) is 2.91. The zero-order chi connectivity index (χ0) is 18.8. The van der Waals surface area contributed by atoms with Crippen molar-refractivity contribution in [3.05, 3.63) is 28.8 Å². The first-order chi connectivity index (χ1) is 11.6. The molecule has 2 atom stereocenters. The van der Waals surface area contributed by atoms with Crippen molar-refractivity contribution in [1.29, 1.82) is 0 Å². The summed E-state index contributed by atoms with van der Waals surface area (Å²) in [5, 5.41) is 11.8. The number of rotatable bonds is 4. The van der Waals surface area contributed by atoms with E-state index in [0.717, 1.165) is 4.90 Å². The van der Waals surface area contributed by atoms with E-state index in [9.17, 15) is 22.8 Å². The van der Waals surface area contributed by atoms with E-state index in [0.29, 0.717) is 16.3 Å². The minimum absolute atomic E-state index is 0.0203. The molecule has 0 bridgehead atoms. The number of carboxylic acids is 1. The lowest BCUT2D eigenvalue weighted by molar-refractivity contribution is -0.187. The number of aliphatic carboxylic acids is 1.